The summed E-state index contributed by atoms with van der Waals surface area (Å²) in [7, 11) is 0. The Morgan fingerprint density at radius 2 is 1.78 bits per heavy atom. The van der Waals surface area contributed by atoms with Crippen LogP contribution >= 0.6 is 11.6 Å². The maximum atomic E-state index is 11.5. The second-order valence-corrected chi connectivity index (χ2v) is 9.82. The third-order valence-corrected chi connectivity index (χ3v) is 7.30. The van der Waals surface area contributed by atoms with Crippen LogP contribution in [-0.4, -0.2) is 86.6 Å². The standard InChI is InChI=1S/C26H32ClNO8/c1-15(30)28-10-8-20(9-11-28)35-19-5-2-16(3-6-19)12-17-13-18(4-7-21(17)27)26(34)25(33)24(32)23(31)22(14-29)36-26/h2-7,13,20,22-25,29,31-34H,8-12,14H2,1H3/t22-,23-,24+,25-,26+/m1/s1. The molecule has 196 valence electrons. The summed E-state index contributed by atoms with van der Waals surface area (Å²) in [6, 6.07) is 12.1. The van der Waals surface area contributed by atoms with Crippen molar-refractivity contribution in [2.24, 2.45) is 0 Å². The second kappa shape index (κ2) is 11.0. The summed E-state index contributed by atoms with van der Waals surface area (Å²) < 4.78 is 11.5. The molecule has 2 heterocycles. The summed E-state index contributed by atoms with van der Waals surface area (Å²) in [5.41, 5.74) is 1.70. The van der Waals surface area contributed by atoms with E-state index in [1.807, 2.05) is 29.2 Å². The molecule has 10 heteroatoms. The third kappa shape index (κ3) is 5.52. The molecular weight excluding hydrogens is 490 g/mol. The van der Waals surface area contributed by atoms with Crippen molar-refractivity contribution in [2.75, 3.05) is 19.7 Å². The topological polar surface area (TPSA) is 140 Å². The molecule has 5 atom stereocenters. The van der Waals surface area contributed by atoms with Gasteiger partial charge in [0.15, 0.2) is 0 Å². The van der Waals surface area contributed by atoms with Crippen LogP contribution in [0.4, 0.5) is 0 Å². The molecule has 0 unspecified atom stereocenters. The monoisotopic (exact) mass is 521 g/mol. The van der Waals surface area contributed by atoms with Crippen LogP contribution in [-0.2, 0) is 21.7 Å². The van der Waals surface area contributed by atoms with Gasteiger partial charge in [-0.2, -0.15) is 0 Å². The van der Waals surface area contributed by atoms with Crippen molar-refractivity contribution >= 4 is 17.5 Å². The van der Waals surface area contributed by atoms with Gasteiger partial charge >= 0.3 is 0 Å². The maximum Gasteiger partial charge on any atom is 0.222 e. The van der Waals surface area contributed by atoms with E-state index >= 15 is 0 Å². The van der Waals surface area contributed by atoms with Gasteiger partial charge in [0, 0.05) is 43.4 Å². The summed E-state index contributed by atoms with van der Waals surface area (Å²) in [4.78, 5) is 13.3. The molecule has 36 heavy (non-hydrogen) atoms. The van der Waals surface area contributed by atoms with Crippen molar-refractivity contribution in [3.63, 3.8) is 0 Å². The van der Waals surface area contributed by atoms with E-state index in [9.17, 15) is 30.3 Å². The Morgan fingerprint density at radius 1 is 1.11 bits per heavy atom. The predicted octanol–water partition coefficient (Wildman–Crippen LogP) is 0.939. The first kappa shape index (κ1) is 26.8. The van der Waals surface area contributed by atoms with Crippen molar-refractivity contribution in [1.82, 2.24) is 4.90 Å². The largest absolute Gasteiger partial charge is 0.490 e. The highest BCUT2D eigenvalue weighted by Crippen LogP contribution is 2.38. The zero-order valence-electron chi connectivity index (χ0n) is 20.0. The number of ether oxygens (including phenoxy) is 2. The lowest BCUT2D eigenvalue weighted by Gasteiger charge is -2.45. The molecule has 2 aliphatic rings. The van der Waals surface area contributed by atoms with Gasteiger partial charge in [-0.3, -0.25) is 4.79 Å². The average molecular weight is 522 g/mol. The molecule has 1 amide bonds. The molecule has 2 aromatic carbocycles. The van der Waals surface area contributed by atoms with E-state index in [4.69, 9.17) is 21.1 Å². The lowest BCUT2D eigenvalue weighted by Crippen LogP contribution is -2.63. The number of carbonyl (C=O) groups is 1. The van der Waals surface area contributed by atoms with Crippen molar-refractivity contribution in [3.8, 4) is 5.75 Å². The van der Waals surface area contributed by atoms with Crippen LogP contribution in [0.25, 0.3) is 0 Å². The fourth-order valence-electron chi connectivity index (χ4n) is 4.71. The van der Waals surface area contributed by atoms with Crippen LogP contribution in [0.5, 0.6) is 5.75 Å². The van der Waals surface area contributed by atoms with Crippen LogP contribution in [0.1, 0.15) is 36.5 Å². The quantitative estimate of drug-likeness (QED) is 0.378. The Hall–Kier alpha value is -2.24. The molecule has 5 N–H and O–H groups in total. The number of benzene rings is 2. The molecule has 2 aromatic rings. The van der Waals surface area contributed by atoms with Crippen molar-refractivity contribution < 1.29 is 39.8 Å². The van der Waals surface area contributed by atoms with E-state index < -0.39 is 36.8 Å². The fourth-order valence-corrected chi connectivity index (χ4v) is 4.90. The van der Waals surface area contributed by atoms with E-state index in [0.29, 0.717) is 30.1 Å². The lowest BCUT2D eigenvalue weighted by molar-refractivity contribution is -0.357. The Morgan fingerprint density at radius 3 is 2.39 bits per heavy atom. The first-order chi connectivity index (χ1) is 17.1. The van der Waals surface area contributed by atoms with Crippen LogP contribution in [0.3, 0.4) is 0 Å². The molecule has 0 radical (unpaired) electrons. The molecule has 2 saturated heterocycles. The van der Waals surface area contributed by atoms with Gasteiger partial charge in [0.05, 0.1) is 6.61 Å². The number of nitrogens with zero attached hydrogens (tertiary/aromatic N) is 1. The second-order valence-electron chi connectivity index (χ2n) is 9.41. The number of likely N-dealkylation sites (tertiary alicyclic amines) is 1. The Balaban J connectivity index is 1.45. The van der Waals surface area contributed by atoms with E-state index in [-0.39, 0.29) is 17.6 Å². The van der Waals surface area contributed by atoms with Crippen molar-refractivity contribution in [3.05, 3.63) is 64.2 Å². The number of carbonyl (C=O) groups excluding carboxylic acids is 1. The zero-order chi connectivity index (χ0) is 26.0. The summed E-state index contributed by atoms with van der Waals surface area (Å²) in [5, 5.41) is 51.6. The molecule has 2 aliphatic heterocycles. The van der Waals surface area contributed by atoms with Gasteiger partial charge in [-0.25, -0.2) is 0 Å². The van der Waals surface area contributed by atoms with Gasteiger partial charge in [-0.05, 0) is 41.8 Å². The fraction of sp³-hybridized carbons (Fsp3) is 0.500. The third-order valence-electron chi connectivity index (χ3n) is 6.93. The summed E-state index contributed by atoms with van der Waals surface area (Å²) in [6.07, 6.45) is -4.38. The van der Waals surface area contributed by atoms with E-state index in [1.165, 1.54) is 6.07 Å². The molecule has 0 saturated carbocycles. The number of hydrogen-bond donors (Lipinski definition) is 5. The first-order valence-electron chi connectivity index (χ1n) is 12.0. The minimum absolute atomic E-state index is 0.0526. The molecule has 0 aromatic heterocycles. The number of aliphatic hydroxyl groups excluding tert-OH is 4. The van der Waals surface area contributed by atoms with Gasteiger partial charge in [0.25, 0.3) is 0 Å². The average Bonchev–Trinajstić information content (AvgIpc) is 2.87. The number of piperidine rings is 1. The molecule has 4 rings (SSSR count). The smallest absolute Gasteiger partial charge is 0.222 e. The summed E-state index contributed by atoms with van der Waals surface area (Å²) in [5.74, 6) is -1.53. The first-order valence-corrected chi connectivity index (χ1v) is 12.4. The molecule has 0 spiro atoms. The predicted molar refractivity (Wildman–Crippen MR) is 130 cm³/mol. The number of amides is 1. The van der Waals surface area contributed by atoms with Crippen LogP contribution < -0.4 is 4.74 Å². The summed E-state index contributed by atoms with van der Waals surface area (Å²) in [6.45, 7) is 2.30. The highest BCUT2D eigenvalue weighted by atomic mass is 35.5. The van der Waals surface area contributed by atoms with Gasteiger partial charge in [-0.15, -0.1) is 0 Å². The molecular formula is C26H32ClNO8. The van der Waals surface area contributed by atoms with Gasteiger partial charge in [0.1, 0.15) is 36.3 Å². The number of aliphatic hydroxyl groups is 5. The van der Waals surface area contributed by atoms with Crippen molar-refractivity contribution in [1.29, 1.82) is 0 Å². The Bertz CT molecular complexity index is 1060. The molecule has 0 bridgehead atoms. The summed E-state index contributed by atoms with van der Waals surface area (Å²) >= 11 is 6.40. The van der Waals surface area contributed by atoms with E-state index in [2.05, 4.69) is 0 Å². The highest BCUT2D eigenvalue weighted by molar-refractivity contribution is 6.31. The van der Waals surface area contributed by atoms with Gasteiger partial charge < -0.3 is 39.9 Å². The normalized spacial score (nSPS) is 29.2. The minimum Gasteiger partial charge on any atom is -0.490 e. The SMILES string of the molecule is CC(=O)N1CCC(Oc2ccc(Cc3cc([C@]4(O)O[C@H](CO)[C@@H](O)[C@H](O)[C@H]4O)ccc3Cl)cc2)CC1. The lowest BCUT2D eigenvalue weighted by atomic mass is 9.87. The molecule has 9 nitrogen and oxygen atoms in total. The maximum absolute atomic E-state index is 11.5. The van der Waals surface area contributed by atoms with Crippen LogP contribution in [0, 0.1) is 0 Å². The minimum atomic E-state index is -2.35. The highest BCUT2D eigenvalue weighted by Gasteiger charge is 2.53. The molecule has 0 aliphatic carbocycles. The number of rotatable bonds is 6. The molecule has 2 fully saturated rings. The van der Waals surface area contributed by atoms with Gasteiger partial charge in [-0.1, -0.05) is 29.8 Å². The van der Waals surface area contributed by atoms with Gasteiger partial charge in [0.2, 0.25) is 11.7 Å². The number of hydrogen-bond acceptors (Lipinski definition) is 8. The Kier molecular flexibility index (Phi) is 8.21. The number of halogens is 1. The van der Waals surface area contributed by atoms with E-state index in [0.717, 1.165) is 24.2 Å². The Labute approximate surface area is 214 Å². The van der Waals surface area contributed by atoms with E-state index in [1.54, 1.807) is 19.1 Å². The van der Waals surface area contributed by atoms with Crippen LogP contribution in [0.2, 0.25) is 5.02 Å². The van der Waals surface area contributed by atoms with Crippen molar-refractivity contribution in [2.45, 2.75) is 62.5 Å². The van der Waals surface area contributed by atoms with Crippen LogP contribution in [0.15, 0.2) is 42.5 Å². The zero-order valence-corrected chi connectivity index (χ0v) is 20.7.